The highest BCUT2D eigenvalue weighted by molar-refractivity contribution is 7.96. The predicted octanol–water partition coefficient (Wildman–Crippen LogP) is 5.28. The van der Waals surface area contributed by atoms with Crippen LogP contribution >= 0.6 is 7.26 Å². The van der Waals surface area contributed by atoms with Gasteiger partial charge in [0.15, 0.2) is 0 Å². The zero-order valence-electron chi connectivity index (χ0n) is 26.9. The molecule has 1 saturated heterocycles. The molecular formula is C38H38N2O5PS+. The first-order valence-corrected chi connectivity index (χ1v) is 18.9. The van der Waals surface area contributed by atoms with Gasteiger partial charge in [-0.05, 0) is 69.3 Å². The second-order valence-corrected chi connectivity index (χ2v) is 17.8. The van der Waals surface area contributed by atoms with Gasteiger partial charge in [-0.15, -0.1) is 0 Å². The first kappa shape index (κ1) is 32.5. The van der Waals surface area contributed by atoms with Crippen LogP contribution in [-0.2, 0) is 29.9 Å². The molecule has 0 bridgehead atoms. The number of fused-ring (bicyclic) bond motifs is 1. The Morgan fingerprint density at radius 2 is 1.26 bits per heavy atom. The summed E-state index contributed by atoms with van der Waals surface area (Å²) >= 11 is 0. The highest BCUT2D eigenvalue weighted by Gasteiger charge is 2.58. The molecule has 0 N–H and O–H groups in total. The summed E-state index contributed by atoms with van der Waals surface area (Å²) in [6.45, 7) is 6.78. The number of ether oxygens (including phenoxy) is 1. The minimum Gasteiger partial charge on any atom is -0.455 e. The number of β-lactam (4-membered cyclic amide) rings is 1. The van der Waals surface area contributed by atoms with Gasteiger partial charge in [-0.3, -0.25) is 23.6 Å². The van der Waals surface area contributed by atoms with Crippen LogP contribution in [-0.4, -0.2) is 49.4 Å². The zero-order chi connectivity index (χ0) is 33.3. The monoisotopic (exact) mass is 665 g/mol. The molecule has 0 aliphatic carbocycles. The van der Waals surface area contributed by atoms with Crippen molar-refractivity contribution in [1.29, 1.82) is 0 Å². The topological polar surface area (TPSA) is 84.0 Å². The van der Waals surface area contributed by atoms with Gasteiger partial charge < -0.3 is 4.74 Å². The highest BCUT2D eigenvalue weighted by Crippen LogP contribution is 2.59. The van der Waals surface area contributed by atoms with Crippen LogP contribution < -0.4 is 20.8 Å². The van der Waals surface area contributed by atoms with Gasteiger partial charge in [-0.2, -0.15) is 0 Å². The van der Waals surface area contributed by atoms with E-state index in [1.54, 1.807) is 32.9 Å². The van der Waals surface area contributed by atoms with Crippen molar-refractivity contribution >= 4 is 57.4 Å². The molecule has 4 aromatic carbocycles. The van der Waals surface area contributed by atoms with Crippen molar-refractivity contribution in [3.05, 3.63) is 133 Å². The lowest BCUT2D eigenvalue weighted by Gasteiger charge is -2.49. The standard InChI is InChI=1S/C38H38N2O5PS/c1-27(41)39(28-17-9-5-10-18-28)36-32(35(37(43)45-38(2,3)4)40-33(42)25-34(40)47(36)44)26-46(29-19-11-6-12-20-29,30-21-13-7-14-22-30)31-23-15-8-16-24-31/h5-24,34,36H,25-26H2,1-4H3/q+1/t34-,36?,47-/m1/s1. The molecule has 240 valence electrons. The van der Waals surface area contributed by atoms with Crippen molar-refractivity contribution in [3.8, 4) is 0 Å². The normalized spacial score (nSPS) is 19.4. The number of carbonyl (C=O) groups excluding carboxylic acids is 3. The van der Waals surface area contributed by atoms with E-state index in [9.17, 15) is 18.6 Å². The summed E-state index contributed by atoms with van der Waals surface area (Å²) in [7, 11) is -4.46. The number of hydrogen-bond donors (Lipinski definition) is 0. The van der Waals surface area contributed by atoms with Gasteiger partial charge in [0.05, 0.1) is 17.2 Å². The van der Waals surface area contributed by atoms with Crippen LogP contribution in [0.4, 0.5) is 5.69 Å². The molecule has 0 radical (unpaired) electrons. The summed E-state index contributed by atoms with van der Waals surface area (Å²) in [5, 5.41) is 1.35. The van der Waals surface area contributed by atoms with E-state index in [0.717, 1.165) is 15.9 Å². The van der Waals surface area contributed by atoms with Crippen LogP contribution in [0.25, 0.3) is 0 Å². The van der Waals surface area contributed by atoms with E-state index in [1.807, 2.05) is 72.8 Å². The zero-order valence-corrected chi connectivity index (χ0v) is 28.6. The number of esters is 1. The summed E-state index contributed by atoms with van der Waals surface area (Å²) < 4.78 is 20.7. The maximum atomic E-state index is 14.8. The van der Waals surface area contributed by atoms with Gasteiger partial charge in [0.2, 0.25) is 11.8 Å². The van der Waals surface area contributed by atoms with Crippen molar-refractivity contribution in [2.24, 2.45) is 0 Å². The van der Waals surface area contributed by atoms with Crippen LogP contribution in [0, 0.1) is 0 Å². The van der Waals surface area contributed by atoms with Crippen LogP contribution in [0.5, 0.6) is 0 Å². The lowest BCUT2D eigenvalue weighted by molar-refractivity contribution is -0.157. The third kappa shape index (κ3) is 6.08. The van der Waals surface area contributed by atoms with Crippen LogP contribution in [0.2, 0.25) is 0 Å². The van der Waals surface area contributed by atoms with Crippen molar-refractivity contribution in [2.75, 3.05) is 11.1 Å². The molecule has 7 nitrogen and oxygen atoms in total. The van der Waals surface area contributed by atoms with Gasteiger partial charge in [-0.25, -0.2) is 4.79 Å². The van der Waals surface area contributed by atoms with Gasteiger partial charge in [0, 0.05) is 18.2 Å². The molecule has 0 spiro atoms. The Hall–Kier alpha value is -4.39. The average molecular weight is 666 g/mol. The largest absolute Gasteiger partial charge is 0.455 e. The molecule has 2 heterocycles. The third-order valence-corrected chi connectivity index (χ3v) is 14.6. The summed E-state index contributed by atoms with van der Waals surface area (Å²) in [5.74, 6) is -1.29. The molecule has 2 aliphatic heterocycles. The number of anilines is 1. The minimum atomic E-state index is -2.69. The Morgan fingerprint density at radius 1 is 0.809 bits per heavy atom. The van der Waals surface area contributed by atoms with E-state index in [4.69, 9.17) is 4.74 Å². The number of hydrogen-bond acceptors (Lipinski definition) is 5. The Bertz CT molecular complexity index is 1750. The number of para-hydroxylation sites is 1. The Balaban J connectivity index is 1.71. The van der Waals surface area contributed by atoms with Crippen LogP contribution in [0.3, 0.4) is 0 Å². The molecule has 9 heteroatoms. The summed E-state index contributed by atoms with van der Waals surface area (Å²) in [5.41, 5.74) is 0.224. The van der Waals surface area contributed by atoms with E-state index >= 15 is 0 Å². The molecule has 2 amide bonds. The fraction of sp³-hybridized carbons (Fsp3) is 0.237. The molecule has 2 aliphatic rings. The number of nitrogens with zero attached hydrogens (tertiary/aromatic N) is 2. The fourth-order valence-electron chi connectivity index (χ4n) is 6.47. The predicted molar refractivity (Wildman–Crippen MR) is 190 cm³/mol. The average Bonchev–Trinajstić information content (AvgIpc) is 3.06. The molecule has 0 aromatic heterocycles. The Kier molecular flexibility index (Phi) is 9.01. The maximum Gasteiger partial charge on any atom is 0.355 e. The lowest BCUT2D eigenvalue weighted by atomic mass is 10.1. The number of rotatable bonds is 8. The summed E-state index contributed by atoms with van der Waals surface area (Å²) in [6, 6.07) is 39.5. The lowest BCUT2D eigenvalue weighted by Crippen LogP contribution is -2.64. The molecule has 6 rings (SSSR count). The quantitative estimate of drug-likeness (QED) is 0.145. The smallest absolute Gasteiger partial charge is 0.355 e. The van der Waals surface area contributed by atoms with Crippen molar-refractivity contribution in [1.82, 2.24) is 4.90 Å². The first-order chi connectivity index (χ1) is 22.5. The Labute approximate surface area is 279 Å². The molecule has 1 fully saturated rings. The minimum absolute atomic E-state index is 0.0135. The molecule has 0 saturated carbocycles. The van der Waals surface area contributed by atoms with Gasteiger partial charge in [-0.1, -0.05) is 72.8 Å². The van der Waals surface area contributed by atoms with E-state index in [1.165, 1.54) is 16.7 Å². The molecule has 3 atom stereocenters. The number of amides is 2. The van der Waals surface area contributed by atoms with E-state index in [0.29, 0.717) is 11.3 Å². The maximum absolute atomic E-state index is 14.8. The number of benzene rings is 4. The van der Waals surface area contributed by atoms with Crippen LogP contribution in [0.1, 0.15) is 34.1 Å². The number of carbonyl (C=O) groups is 3. The first-order valence-electron chi connectivity index (χ1n) is 15.6. The van der Waals surface area contributed by atoms with Crippen LogP contribution in [0.15, 0.2) is 133 Å². The van der Waals surface area contributed by atoms with Crippen molar-refractivity contribution < 1.29 is 23.3 Å². The SMILES string of the molecule is CC(=O)N(c1ccccc1)C1C(C[P+](c2ccccc2)(c2ccccc2)c2ccccc2)=C(C(=O)OC(C)(C)C)N2C(=O)C[C@H]2[S@]1=O. The summed E-state index contributed by atoms with van der Waals surface area (Å²) in [6.07, 6.45) is 0.253. The second kappa shape index (κ2) is 13.0. The summed E-state index contributed by atoms with van der Waals surface area (Å²) in [4.78, 5) is 44.3. The van der Waals surface area contributed by atoms with E-state index in [-0.39, 0.29) is 30.1 Å². The van der Waals surface area contributed by atoms with Gasteiger partial charge in [0.25, 0.3) is 0 Å². The van der Waals surface area contributed by atoms with E-state index in [2.05, 4.69) is 36.4 Å². The third-order valence-electron chi connectivity index (χ3n) is 8.44. The van der Waals surface area contributed by atoms with Gasteiger partial charge in [0.1, 0.15) is 51.4 Å². The molecule has 1 unspecified atom stereocenters. The van der Waals surface area contributed by atoms with Crippen molar-refractivity contribution in [3.63, 3.8) is 0 Å². The fourth-order valence-corrected chi connectivity index (χ4v) is 12.9. The molecular weight excluding hydrogens is 627 g/mol. The highest BCUT2D eigenvalue weighted by atomic mass is 32.2. The Morgan fingerprint density at radius 3 is 1.66 bits per heavy atom. The van der Waals surface area contributed by atoms with E-state index < -0.39 is 40.4 Å². The van der Waals surface area contributed by atoms with Crippen molar-refractivity contribution in [2.45, 2.75) is 50.5 Å². The second-order valence-electron chi connectivity index (χ2n) is 12.7. The molecule has 4 aromatic rings. The van der Waals surface area contributed by atoms with Gasteiger partial charge >= 0.3 is 5.97 Å². The molecule has 47 heavy (non-hydrogen) atoms.